The lowest BCUT2D eigenvalue weighted by Crippen LogP contribution is -2.29. The molecule has 0 aliphatic carbocycles. The molecule has 1 N–H and O–H groups in total. The highest BCUT2D eigenvalue weighted by Gasteiger charge is 1.92. The summed E-state index contributed by atoms with van der Waals surface area (Å²) in [5.74, 6) is 0. The molecule has 1 aliphatic rings. The van der Waals surface area contributed by atoms with Gasteiger partial charge in [0.1, 0.15) is 0 Å². The Morgan fingerprint density at radius 1 is 1.00 bits per heavy atom. The van der Waals surface area contributed by atoms with E-state index in [4.69, 9.17) is 0 Å². The molecule has 1 heterocycles. The maximum Gasteiger partial charge on any atom is -0.00368 e. The minimum absolute atomic E-state index is 1.25. The van der Waals surface area contributed by atoms with Gasteiger partial charge in [-0.2, -0.15) is 0 Å². The van der Waals surface area contributed by atoms with Crippen molar-refractivity contribution in [2.45, 2.75) is 27.2 Å². The molecule has 0 unspecified atom stereocenters. The third kappa shape index (κ3) is 7.54. The second kappa shape index (κ2) is 9.27. The number of benzene rings is 1. The second-order valence-corrected chi connectivity index (χ2v) is 2.76. The Labute approximate surface area is 82.2 Å². The summed E-state index contributed by atoms with van der Waals surface area (Å²) in [5.41, 5.74) is 1.32. The van der Waals surface area contributed by atoms with Gasteiger partial charge in [-0.3, -0.25) is 0 Å². The molecule has 0 atom stereocenters. The quantitative estimate of drug-likeness (QED) is 0.645. The number of hydrogen-bond acceptors (Lipinski definition) is 1. The van der Waals surface area contributed by atoms with E-state index >= 15 is 0 Å². The van der Waals surface area contributed by atoms with Crippen LogP contribution in [0.2, 0.25) is 0 Å². The Bertz CT molecular complexity index is 174. The van der Waals surface area contributed by atoms with Gasteiger partial charge in [0.05, 0.1) is 0 Å². The summed E-state index contributed by atoms with van der Waals surface area (Å²) in [6, 6.07) is 10.3. The first-order valence-electron chi connectivity index (χ1n) is 5.12. The predicted octanol–water partition coefficient (Wildman–Crippen LogP) is 3.00. The van der Waals surface area contributed by atoms with Crippen LogP contribution in [-0.2, 0) is 0 Å². The molecule has 1 nitrogen and oxygen atoms in total. The molecule has 0 bridgehead atoms. The molecule has 1 fully saturated rings. The Morgan fingerprint density at radius 3 is 1.54 bits per heavy atom. The van der Waals surface area contributed by atoms with Crippen molar-refractivity contribution < 1.29 is 0 Å². The Hall–Kier alpha value is -0.820. The molecule has 1 aliphatic heterocycles. The summed E-state index contributed by atoms with van der Waals surface area (Å²) < 4.78 is 0. The lowest BCUT2D eigenvalue weighted by molar-refractivity contribution is 0.527. The van der Waals surface area contributed by atoms with E-state index in [2.05, 4.69) is 24.4 Å². The van der Waals surface area contributed by atoms with Crippen LogP contribution in [0.25, 0.3) is 0 Å². The summed E-state index contributed by atoms with van der Waals surface area (Å²) in [4.78, 5) is 0. The van der Waals surface area contributed by atoms with E-state index in [0.29, 0.717) is 0 Å². The lowest BCUT2D eigenvalue weighted by Gasteiger charge is -2.09. The van der Waals surface area contributed by atoms with E-state index in [-0.39, 0.29) is 0 Å². The molecule has 1 saturated heterocycles. The van der Waals surface area contributed by atoms with Crippen molar-refractivity contribution in [3.63, 3.8) is 0 Å². The molecule has 0 aromatic heterocycles. The minimum atomic E-state index is 1.25. The monoisotopic (exact) mass is 179 g/mol. The van der Waals surface area contributed by atoms with Crippen LogP contribution >= 0.6 is 0 Å². The first kappa shape index (κ1) is 12.2. The molecule has 0 saturated carbocycles. The molecule has 74 valence electrons. The molecule has 0 amide bonds. The highest BCUT2D eigenvalue weighted by Crippen LogP contribution is 1.92. The summed E-state index contributed by atoms with van der Waals surface area (Å²) >= 11 is 0. The van der Waals surface area contributed by atoms with Crippen LogP contribution in [0.4, 0.5) is 0 Å². The largest absolute Gasteiger partial charge is 0.317 e. The molecule has 1 aromatic carbocycles. The molecule has 0 radical (unpaired) electrons. The average molecular weight is 179 g/mol. The smallest absolute Gasteiger partial charge is 0.00368 e. The van der Waals surface area contributed by atoms with Gasteiger partial charge in [-0.1, -0.05) is 49.7 Å². The number of aryl methyl sites for hydroxylation is 1. The van der Waals surface area contributed by atoms with Crippen LogP contribution in [0.3, 0.4) is 0 Å². The highest BCUT2D eigenvalue weighted by atomic mass is 14.9. The van der Waals surface area contributed by atoms with Crippen LogP contribution in [0.15, 0.2) is 30.3 Å². The zero-order valence-electron chi connectivity index (χ0n) is 9.01. The molecule has 0 spiro atoms. The molecule has 2 rings (SSSR count). The van der Waals surface area contributed by atoms with Gasteiger partial charge in [0.2, 0.25) is 0 Å². The zero-order chi connectivity index (χ0) is 9.94. The van der Waals surface area contributed by atoms with Gasteiger partial charge in [0, 0.05) is 0 Å². The SMILES string of the molecule is C1CNC1.CC.Cc1ccccc1. The summed E-state index contributed by atoms with van der Waals surface area (Å²) in [7, 11) is 0. The van der Waals surface area contributed by atoms with Gasteiger partial charge < -0.3 is 5.32 Å². The van der Waals surface area contributed by atoms with Crippen molar-refractivity contribution in [2.75, 3.05) is 13.1 Å². The fourth-order valence-electron chi connectivity index (χ4n) is 0.711. The standard InChI is InChI=1S/C7H8.C3H7N.C2H6/c1-7-5-3-2-4-6-7;1-2-4-3-1;1-2/h2-6H,1H3;4H,1-3H2;1-2H3. The molecule has 1 aromatic rings. The van der Waals surface area contributed by atoms with Crippen molar-refractivity contribution in [1.29, 1.82) is 0 Å². The average Bonchev–Trinajstić information content (AvgIpc) is 2.06. The van der Waals surface area contributed by atoms with Crippen LogP contribution in [-0.4, -0.2) is 13.1 Å². The van der Waals surface area contributed by atoms with Crippen molar-refractivity contribution in [3.05, 3.63) is 35.9 Å². The fraction of sp³-hybridized carbons (Fsp3) is 0.500. The van der Waals surface area contributed by atoms with Crippen LogP contribution in [0.5, 0.6) is 0 Å². The maximum absolute atomic E-state index is 3.11. The van der Waals surface area contributed by atoms with E-state index in [1.807, 2.05) is 32.0 Å². The first-order chi connectivity index (χ1) is 6.39. The number of nitrogens with one attached hydrogen (secondary N) is 1. The Morgan fingerprint density at radius 2 is 1.38 bits per heavy atom. The lowest BCUT2D eigenvalue weighted by atomic mass is 10.2. The van der Waals surface area contributed by atoms with Gasteiger partial charge in [0.15, 0.2) is 0 Å². The molecular weight excluding hydrogens is 158 g/mol. The van der Waals surface area contributed by atoms with Gasteiger partial charge >= 0.3 is 0 Å². The van der Waals surface area contributed by atoms with E-state index in [0.717, 1.165) is 0 Å². The van der Waals surface area contributed by atoms with Crippen LogP contribution in [0.1, 0.15) is 25.8 Å². The first-order valence-corrected chi connectivity index (χ1v) is 5.12. The van der Waals surface area contributed by atoms with E-state index < -0.39 is 0 Å². The fourth-order valence-corrected chi connectivity index (χ4v) is 0.711. The Balaban J connectivity index is 0.000000204. The predicted molar refractivity (Wildman–Crippen MR) is 60.0 cm³/mol. The third-order valence-corrected chi connectivity index (χ3v) is 1.65. The molecular formula is C12H21N. The summed E-state index contributed by atoms with van der Waals surface area (Å²) in [6.45, 7) is 8.58. The van der Waals surface area contributed by atoms with E-state index in [1.165, 1.54) is 25.1 Å². The van der Waals surface area contributed by atoms with E-state index in [9.17, 15) is 0 Å². The third-order valence-electron chi connectivity index (χ3n) is 1.65. The summed E-state index contributed by atoms with van der Waals surface area (Å²) in [5, 5.41) is 3.11. The van der Waals surface area contributed by atoms with Crippen molar-refractivity contribution in [3.8, 4) is 0 Å². The Kier molecular flexibility index (Phi) is 8.68. The normalized spacial score (nSPS) is 12.5. The van der Waals surface area contributed by atoms with Crippen molar-refractivity contribution in [2.24, 2.45) is 0 Å². The molecule has 13 heavy (non-hydrogen) atoms. The second-order valence-electron chi connectivity index (χ2n) is 2.76. The maximum atomic E-state index is 3.11. The highest BCUT2D eigenvalue weighted by molar-refractivity contribution is 5.11. The van der Waals surface area contributed by atoms with Gasteiger partial charge in [-0.05, 0) is 26.4 Å². The summed E-state index contributed by atoms with van der Waals surface area (Å²) in [6.07, 6.45) is 1.39. The van der Waals surface area contributed by atoms with Gasteiger partial charge in [0.25, 0.3) is 0 Å². The van der Waals surface area contributed by atoms with E-state index in [1.54, 1.807) is 0 Å². The zero-order valence-corrected chi connectivity index (χ0v) is 9.01. The van der Waals surface area contributed by atoms with Crippen molar-refractivity contribution in [1.82, 2.24) is 5.32 Å². The number of rotatable bonds is 0. The van der Waals surface area contributed by atoms with Crippen molar-refractivity contribution >= 4 is 0 Å². The number of hydrogen-bond donors (Lipinski definition) is 1. The van der Waals surface area contributed by atoms with Gasteiger partial charge in [-0.15, -0.1) is 0 Å². The van der Waals surface area contributed by atoms with Crippen LogP contribution in [0, 0.1) is 6.92 Å². The van der Waals surface area contributed by atoms with Gasteiger partial charge in [-0.25, -0.2) is 0 Å². The topological polar surface area (TPSA) is 12.0 Å². The molecule has 1 heteroatoms. The van der Waals surface area contributed by atoms with Crippen LogP contribution < -0.4 is 5.32 Å². The minimum Gasteiger partial charge on any atom is -0.317 e.